The van der Waals surface area contributed by atoms with E-state index in [2.05, 4.69) is 4.98 Å². The van der Waals surface area contributed by atoms with Crippen LogP contribution < -0.4 is 9.88 Å². The summed E-state index contributed by atoms with van der Waals surface area (Å²) in [5, 5.41) is 5.16. The highest BCUT2D eigenvalue weighted by Crippen LogP contribution is 2.33. The molecule has 0 unspecified atom stereocenters. The van der Waals surface area contributed by atoms with Gasteiger partial charge < -0.3 is 9.15 Å². The van der Waals surface area contributed by atoms with Crippen LogP contribution >= 0.6 is 0 Å². The molecule has 0 amide bonds. The van der Waals surface area contributed by atoms with E-state index >= 15 is 0 Å². The van der Waals surface area contributed by atoms with Gasteiger partial charge in [0.2, 0.25) is 15.9 Å². The maximum absolute atomic E-state index is 13.4. The Morgan fingerprint density at radius 1 is 0.900 bits per heavy atom. The van der Waals surface area contributed by atoms with Gasteiger partial charge in [0.1, 0.15) is 17.3 Å². The summed E-state index contributed by atoms with van der Waals surface area (Å²) >= 11 is 0. The summed E-state index contributed by atoms with van der Waals surface area (Å²) in [5.74, 6) is 1.03. The highest BCUT2D eigenvalue weighted by Gasteiger charge is 2.18. The van der Waals surface area contributed by atoms with Crippen molar-refractivity contribution in [1.29, 1.82) is 0 Å². The van der Waals surface area contributed by atoms with E-state index in [4.69, 9.17) is 14.3 Å². The van der Waals surface area contributed by atoms with E-state index < -0.39 is 10.0 Å². The number of benzene rings is 3. The largest absolute Gasteiger partial charge is 0.484 e. The first-order valence-electron chi connectivity index (χ1n) is 8.97. The predicted octanol–water partition coefficient (Wildman–Crippen LogP) is 4.37. The molecule has 4 aromatic rings. The molecule has 4 rings (SSSR count). The SMILES string of the molecule is NS(=O)(=O)c1ccc(-c2oc(COc3ccccc3)nc2-c2ccc(F)cc2)cc1. The molecule has 0 radical (unpaired) electrons. The summed E-state index contributed by atoms with van der Waals surface area (Å²) in [7, 11) is -3.81. The lowest BCUT2D eigenvalue weighted by atomic mass is 10.1. The Hall–Kier alpha value is -3.49. The van der Waals surface area contributed by atoms with Crippen LogP contribution in [-0.4, -0.2) is 13.4 Å². The number of nitrogens with zero attached hydrogens (tertiary/aromatic N) is 1. The van der Waals surface area contributed by atoms with Crippen LogP contribution in [0.5, 0.6) is 5.75 Å². The molecule has 30 heavy (non-hydrogen) atoms. The van der Waals surface area contributed by atoms with Crippen LogP contribution in [0.3, 0.4) is 0 Å². The minimum absolute atomic E-state index is 0.0123. The number of rotatable bonds is 6. The van der Waals surface area contributed by atoms with Crippen LogP contribution in [0.25, 0.3) is 22.6 Å². The van der Waals surface area contributed by atoms with Gasteiger partial charge in [0, 0.05) is 11.1 Å². The van der Waals surface area contributed by atoms with E-state index in [-0.39, 0.29) is 17.3 Å². The van der Waals surface area contributed by atoms with Crippen LogP contribution in [0.4, 0.5) is 4.39 Å². The van der Waals surface area contributed by atoms with Gasteiger partial charge in [-0.3, -0.25) is 0 Å². The molecule has 0 atom stereocenters. The van der Waals surface area contributed by atoms with Gasteiger partial charge in [0.15, 0.2) is 12.4 Å². The Morgan fingerprint density at radius 2 is 1.53 bits per heavy atom. The average Bonchev–Trinajstić information content (AvgIpc) is 3.17. The lowest BCUT2D eigenvalue weighted by Crippen LogP contribution is -2.11. The summed E-state index contributed by atoms with van der Waals surface area (Å²) < 4.78 is 48.0. The second kappa shape index (κ2) is 8.10. The zero-order valence-corrected chi connectivity index (χ0v) is 16.5. The Morgan fingerprint density at radius 3 is 2.17 bits per heavy atom. The van der Waals surface area contributed by atoms with Crippen LogP contribution in [-0.2, 0) is 16.6 Å². The number of ether oxygens (including phenoxy) is 1. The van der Waals surface area contributed by atoms with E-state index in [0.29, 0.717) is 34.2 Å². The third kappa shape index (κ3) is 4.40. The summed E-state index contributed by atoms with van der Waals surface area (Å²) in [6.45, 7) is 0.0907. The van der Waals surface area contributed by atoms with Gasteiger partial charge in [0.25, 0.3) is 0 Å². The third-order valence-electron chi connectivity index (χ3n) is 4.34. The van der Waals surface area contributed by atoms with Crippen LogP contribution in [0.15, 0.2) is 88.2 Å². The molecule has 0 fully saturated rings. The first kappa shape index (κ1) is 19.8. The fourth-order valence-corrected chi connectivity index (χ4v) is 3.40. The van der Waals surface area contributed by atoms with Crippen molar-refractivity contribution in [3.8, 4) is 28.3 Å². The highest BCUT2D eigenvalue weighted by atomic mass is 32.2. The molecule has 152 valence electrons. The molecular formula is C22H17FN2O4S. The number of oxazole rings is 1. The lowest BCUT2D eigenvalue weighted by Gasteiger charge is -2.03. The highest BCUT2D eigenvalue weighted by molar-refractivity contribution is 7.89. The number of para-hydroxylation sites is 1. The Kier molecular flexibility index (Phi) is 5.35. The number of sulfonamides is 1. The van der Waals surface area contributed by atoms with Crippen molar-refractivity contribution in [2.45, 2.75) is 11.5 Å². The summed E-state index contributed by atoms with van der Waals surface area (Å²) in [6.07, 6.45) is 0. The molecule has 6 nitrogen and oxygen atoms in total. The zero-order valence-electron chi connectivity index (χ0n) is 15.7. The fourth-order valence-electron chi connectivity index (χ4n) is 2.88. The molecule has 0 aliphatic carbocycles. The second-order valence-corrected chi connectivity index (χ2v) is 8.02. The summed E-state index contributed by atoms with van der Waals surface area (Å²) in [5.41, 5.74) is 1.74. The standard InChI is InChI=1S/C22H17FN2O4S/c23-17-10-6-15(7-11-17)21-22(16-8-12-19(13-9-16)30(24,26)27)29-20(25-21)14-28-18-4-2-1-3-5-18/h1-13H,14H2,(H2,24,26,27). The van der Waals surface area contributed by atoms with E-state index in [1.54, 1.807) is 24.3 Å². The average molecular weight is 424 g/mol. The number of nitrogens with two attached hydrogens (primary N) is 1. The molecule has 1 heterocycles. The second-order valence-electron chi connectivity index (χ2n) is 6.46. The maximum Gasteiger partial charge on any atom is 0.238 e. The molecular weight excluding hydrogens is 407 g/mol. The number of primary sulfonamides is 1. The summed E-state index contributed by atoms with van der Waals surface area (Å²) in [4.78, 5) is 4.50. The lowest BCUT2D eigenvalue weighted by molar-refractivity contribution is 0.264. The summed E-state index contributed by atoms with van der Waals surface area (Å²) in [6, 6.07) is 21.0. The van der Waals surface area contributed by atoms with E-state index in [1.165, 1.54) is 24.3 Å². The Labute approximate surface area is 172 Å². The number of halogens is 1. The van der Waals surface area contributed by atoms with Crippen molar-refractivity contribution in [1.82, 2.24) is 4.98 Å². The first-order valence-corrected chi connectivity index (χ1v) is 10.5. The van der Waals surface area contributed by atoms with Gasteiger partial charge in [-0.1, -0.05) is 18.2 Å². The van der Waals surface area contributed by atoms with Crippen molar-refractivity contribution < 1.29 is 22.0 Å². The van der Waals surface area contributed by atoms with Gasteiger partial charge in [-0.15, -0.1) is 0 Å². The van der Waals surface area contributed by atoms with Crippen LogP contribution in [0.1, 0.15) is 5.89 Å². The van der Waals surface area contributed by atoms with Crippen molar-refractivity contribution in [2.75, 3.05) is 0 Å². The Bertz CT molecular complexity index is 1250. The zero-order chi connectivity index (χ0) is 21.1. The molecule has 0 aliphatic rings. The van der Waals surface area contributed by atoms with E-state index in [9.17, 15) is 12.8 Å². The first-order chi connectivity index (χ1) is 14.4. The molecule has 8 heteroatoms. The van der Waals surface area contributed by atoms with Crippen molar-refractivity contribution >= 4 is 10.0 Å². The van der Waals surface area contributed by atoms with Gasteiger partial charge in [-0.25, -0.2) is 22.9 Å². The molecule has 0 bridgehead atoms. The molecule has 0 saturated heterocycles. The number of aromatic nitrogens is 1. The topological polar surface area (TPSA) is 95.4 Å². The minimum atomic E-state index is -3.81. The molecule has 3 aromatic carbocycles. The van der Waals surface area contributed by atoms with Gasteiger partial charge in [-0.2, -0.15) is 0 Å². The maximum atomic E-state index is 13.4. The van der Waals surface area contributed by atoms with E-state index in [1.807, 2.05) is 30.3 Å². The smallest absolute Gasteiger partial charge is 0.238 e. The van der Waals surface area contributed by atoms with Crippen molar-refractivity contribution in [2.24, 2.45) is 5.14 Å². The van der Waals surface area contributed by atoms with Gasteiger partial charge in [0.05, 0.1) is 4.90 Å². The number of hydrogen-bond acceptors (Lipinski definition) is 5. The molecule has 0 aliphatic heterocycles. The molecule has 2 N–H and O–H groups in total. The predicted molar refractivity (Wildman–Crippen MR) is 109 cm³/mol. The van der Waals surface area contributed by atoms with Crippen LogP contribution in [0.2, 0.25) is 0 Å². The third-order valence-corrected chi connectivity index (χ3v) is 5.27. The molecule has 1 aromatic heterocycles. The molecule has 0 spiro atoms. The monoisotopic (exact) mass is 424 g/mol. The normalized spacial score (nSPS) is 11.4. The fraction of sp³-hybridized carbons (Fsp3) is 0.0455. The minimum Gasteiger partial charge on any atom is -0.484 e. The Balaban J connectivity index is 1.71. The van der Waals surface area contributed by atoms with E-state index in [0.717, 1.165) is 0 Å². The van der Waals surface area contributed by atoms with Crippen LogP contribution in [0, 0.1) is 5.82 Å². The van der Waals surface area contributed by atoms with Crippen molar-refractivity contribution in [3.63, 3.8) is 0 Å². The van der Waals surface area contributed by atoms with Gasteiger partial charge >= 0.3 is 0 Å². The van der Waals surface area contributed by atoms with Crippen molar-refractivity contribution in [3.05, 3.63) is 90.6 Å². The van der Waals surface area contributed by atoms with Gasteiger partial charge in [-0.05, 0) is 60.7 Å². The molecule has 0 saturated carbocycles. The number of hydrogen-bond donors (Lipinski definition) is 1. The quantitative estimate of drug-likeness (QED) is 0.496.